The van der Waals surface area contributed by atoms with Crippen LogP contribution in [-0.2, 0) is 21.3 Å². The first kappa shape index (κ1) is 14.1. The van der Waals surface area contributed by atoms with Crippen molar-refractivity contribution < 1.29 is 19.3 Å². The van der Waals surface area contributed by atoms with Gasteiger partial charge in [-0.25, -0.2) is 4.79 Å². The fourth-order valence-corrected chi connectivity index (χ4v) is 2.79. The zero-order valence-corrected chi connectivity index (χ0v) is 10.3. The summed E-state index contributed by atoms with van der Waals surface area (Å²) in [7, 11) is 0. The van der Waals surface area contributed by atoms with Crippen LogP contribution in [0.4, 0.5) is 0 Å². The molecule has 0 aliphatic rings. The van der Waals surface area contributed by atoms with Crippen molar-refractivity contribution in [2.75, 3.05) is 12.4 Å². The summed E-state index contributed by atoms with van der Waals surface area (Å²) in [5.74, 6) is 0.0377. The van der Waals surface area contributed by atoms with Crippen LogP contribution in [0.3, 0.4) is 0 Å². The minimum Gasteiger partial charge on any atom is -0.462 e. The Morgan fingerprint density at radius 1 is 1.64 bits per heavy atom. The van der Waals surface area contributed by atoms with Gasteiger partial charge in [-0.3, -0.25) is 0 Å². The van der Waals surface area contributed by atoms with Crippen molar-refractivity contribution in [1.29, 1.82) is 0 Å². The lowest BCUT2D eigenvalue weighted by molar-refractivity contribution is -0.138. The quantitative estimate of drug-likeness (QED) is 0.324. The number of carbonyl (C=O) groups is 1. The van der Waals surface area contributed by atoms with Crippen molar-refractivity contribution >= 4 is 34.9 Å². The highest BCUT2D eigenvalue weighted by Gasteiger charge is 2.07. The van der Waals surface area contributed by atoms with Crippen molar-refractivity contribution in [3.8, 4) is 0 Å². The van der Waals surface area contributed by atoms with Crippen LogP contribution >= 0.6 is 17.1 Å². The third-order valence-corrected chi connectivity index (χ3v) is 4.44. The predicted octanol–water partition coefficient (Wildman–Crippen LogP) is 1.44. The van der Waals surface area contributed by atoms with Crippen LogP contribution in [0, 0.1) is 0 Å². The second kappa shape index (κ2) is 6.58. The first-order valence-electron chi connectivity index (χ1n) is 3.85. The van der Waals surface area contributed by atoms with Gasteiger partial charge in [0.05, 0.1) is 6.61 Å². The Labute approximate surface area is 92.3 Å². The van der Waals surface area contributed by atoms with E-state index in [1.54, 1.807) is 6.92 Å². The van der Waals surface area contributed by atoms with Gasteiger partial charge in [-0.15, -0.1) is 0 Å². The summed E-state index contributed by atoms with van der Waals surface area (Å²) in [6.45, 7) is 5.23. The lowest BCUT2D eigenvalue weighted by Gasteiger charge is -2.06. The SMILES string of the molecule is C=C(C)C(=O)OCCCSP(O)(O)=S. The summed E-state index contributed by atoms with van der Waals surface area (Å²) >= 11 is 5.31. The van der Waals surface area contributed by atoms with Gasteiger partial charge in [0.1, 0.15) is 0 Å². The molecule has 0 amide bonds. The Balaban J connectivity index is 3.44. The molecule has 0 aliphatic heterocycles. The summed E-state index contributed by atoms with van der Waals surface area (Å²) in [6.07, 6.45) is 0.545. The van der Waals surface area contributed by atoms with E-state index in [4.69, 9.17) is 14.5 Å². The van der Waals surface area contributed by atoms with Crippen molar-refractivity contribution in [3.63, 3.8) is 0 Å². The Morgan fingerprint density at radius 2 is 2.21 bits per heavy atom. The Morgan fingerprint density at radius 3 is 2.64 bits per heavy atom. The molecule has 0 saturated heterocycles. The van der Waals surface area contributed by atoms with Gasteiger partial charge in [-0.05, 0) is 25.2 Å². The molecule has 0 unspecified atom stereocenters. The Hall–Kier alpha value is 0.130. The average Bonchev–Trinajstić information content (AvgIpc) is 2.01. The largest absolute Gasteiger partial charge is 0.462 e. The molecule has 0 rings (SSSR count). The van der Waals surface area contributed by atoms with Crippen LogP contribution in [0.1, 0.15) is 13.3 Å². The zero-order chi connectivity index (χ0) is 11.2. The van der Waals surface area contributed by atoms with Gasteiger partial charge in [0.2, 0.25) is 5.69 Å². The van der Waals surface area contributed by atoms with Gasteiger partial charge < -0.3 is 14.5 Å². The molecular weight excluding hydrogens is 243 g/mol. The minimum atomic E-state index is -3.16. The van der Waals surface area contributed by atoms with Crippen LogP contribution in [0.5, 0.6) is 0 Å². The normalized spacial score (nSPS) is 11.1. The highest BCUT2D eigenvalue weighted by atomic mass is 32.9. The van der Waals surface area contributed by atoms with Gasteiger partial charge >= 0.3 is 5.97 Å². The first-order chi connectivity index (χ1) is 6.33. The molecule has 82 valence electrons. The molecule has 0 heterocycles. The molecule has 0 radical (unpaired) electrons. The summed E-state index contributed by atoms with van der Waals surface area (Å²) in [5.41, 5.74) is -2.80. The number of ether oxygens (including phenoxy) is 1. The Kier molecular flexibility index (Phi) is 6.64. The lowest BCUT2D eigenvalue weighted by atomic mass is 10.4. The topological polar surface area (TPSA) is 66.8 Å². The second-order valence-electron chi connectivity index (χ2n) is 2.59. The van der Waals surface area contributed by atoms with Crippen molar-refractivity contribution in [2.45, 2.75) is 13.3 Å². The van der Waals surface area contributed by atoms with Gasteiger partial charge in [-0.2, -0.15) is 0 Å². The van der Waals surface area contributed by atoms with E-state index < -0.39 is 11.7 Å². The van der Waals surface area contributed by atoms with E-state index in [0.717, 1.165) is 11.4 Å². The lowest BCUT2D eigenvalue weighted by Crippen LogP contribution is -2.06. The molecule has 0 aliphatic carbocycles. The van der Waals surface area contributed by atoms with E-state index in [9.17, 15) is 4.79 Å². The van der Waals surface area contributed by atoms with Crippen LogP contribution in [0.15, 0.2) is 12.2 Å². The van der Waals surface area contributed by atoms with Gasteiger partial charge in [-0.1, -0.05) is 18.0 Å². The van der Waals surface area contributed by atoms with Crippen LogP contribution < -0.4 is 0 Å². The first-order valence-corrected chi connectivity index (χ1v) is 8.15. The summed E-state index contributed by atoms with van der Waals surface area (Å²) in [5, 5.41) is 0. The number of hydrogen-bond donors (Lipinski definition) is 2. The number of carbonyl (C=O) groups excluding carboxylic acids is 1. The smallest absolute Gasteiger partial charge is 0.333 e. The molecule has 0 spiro atoms. The van der Waals surface area contributed by atoms with E-state index in [0.29, 0.717) is 17.7 Å². The van der Waals surface area contributed by atoms with Crippen molar-refractivity contribution in [3.05, 3.63) is 12.2 Å². The molecular formula is C7H13O4PS2. The zero-order valence-electron chi connectivity index (χ0n) is 7.80. The van der Waals surface area contributed by atoms with E-state index in [2.05, 4.69) is 18.4 Å². The van der Waals surface area contributed by atoms with Crippen LogP contribution in [-0.4, -0.2) is 28.1 Å². The molecule has 0 aromatic heterocycles. The highest BCUT2D eigenvalue weighted by molar-refractivity contribution is 8.67. The van der Waals surface area contributed by atoms with Crippen LogP contribution in [0.2, 0.25) is 0 Å². The molecule has 0 atom stereocenters. The van der Waals surface area contributed by atoms with E-state index in [1.807, 2.05) is 0 Å². The second-order valence-corrected chi connectivity index (χ2v) is 8.76. The van der Waals surface area contributed by atoms with Gasteiger partial charge in [0, 0.05) is 11.3 Å². The third-order valence-electron chi connectivity index (χ3n) is 1.13. The predicted molar refractivity (Wildman–Crippen MR) is 61.6 cm³/mol. The maximum absolute atomic E-state index is 10.9. The molecule has 14 heavy (non-hydrogen) atoms. The standard InChI is InChI=1S/C7H13O4PS2/c1-6(2)7(8)11-4-3-5-14-12(9,10)13/h1,3-5H2,2H3,(H2,9,10,13). The number of esters is 1. The third kappa shape index (κ3) is 8.72. The minimum absolute atomic E-state index is 0.244. The monoisotopic (exact) mass is 256 g/mol. The van der Waals surface area contributed by atoms with Crippen molar-refractivity contribution in [2.24, 2.45) is 0 Å². The molecule has 4 nitrogen and oxygen atoms in total. The van der Waals surface area contributed by atoms with Crippen LogP contribution in [0.25, 0.3) is 0 Å². The van der Waals surface area contributed by atoms with Gasteiger partial charge in [0.25, 0.3) is 0 Å². The number of rotatable bonds is 6. The average molecular weight is 256 g/mol. The molecule has 0 aromatic carbocycles. The molecule has 0 bridgehead atoms. The van der Waals surface area contributed by atoms with E-state index >= 15 is 0 Å². The maximum Gasteiger partial charge on any atom is 0.333 e. The molecule has 0 aromatic rings. The Bertz CT molecular complexity index is 260. The fraction of sp³-hybridized carbons (Fsp3) is 0.571. The molecule has 0 saturated carbocycles. The fourth-order valence-electron chi connectivity index (χ4n) is 0.530. The molecule has 0 fully saturated rings. The number of hydrogen-bond acceptors (Lipinski definition) is 4. The summed E-state index contributed by atoms with van der Waals surface area (Å²) in [6, 6.07) is 0. The van der Waals surface area contributed by atoms with Gasteiger partial charge in [0.15, 0.2) is 0 Å². The highest BCUT2D eigenvalue weighted by Crippen LogP contribution is 2.50. The van der Waals surface area contributed by atoms with E-state index in [1.165, 1.54) is 0 Å². The molecule has 2 N–H and O–H groups in total. The molecule has 7 heteroatoms. The van der Waals surface area contributed by atoms with Crippen molar-refractivity contribution in [1.82, 2.24) is 0 Å². The maximum atomic E-state index is 10.9. The summed E-state index contributed by atoms with van der Waals surface area (Å²) in [4.78, 5) is 28.5. The summed E-state index contributed by atoms with van der Waals surface area (Å²) < 4.78 is 4.78. The van der Waals surface area contributed by atoms with E-state index in [-0.39, 0.29) is 6.61 Å².